The van der Waals surface area contributed by atoms with Crippen LogP contribution in [0.4, 0.5) is 0 Å². The molecule has 0 bridgehead atoms. The lowest BCUT2D eigenvalue weighted by molar-refractivity contribution is -0.125. The molecule has 1 fully saturated rings. The van der Waals surface area contributed by atoms with Gasteiger partial charge in [0.15, 0.2) is 5.82 Å². The molecule has 1 aliphatic rings. The number of amides is 1. The lowest BCUT2D eigenvalue weighted by atomic mass is 10.0. The molecule has 0 aromatic carbocycles. The molecule has 1 amide bonds. The molecule has 1 aliphatic heterocycles. The Bertz CT molecular complexity index is 407. The predicted octanol–water partition coefficient (Wildman–Crippen LogP) is -0.729. The van der Waals surface area contributed by atoms with Gasteiger partial charge in [-0.2, -0.15) is 4.98 Å². The van der Waals surface area contributed by atoms with Crippen molar-refractivity contribution in [1.29, 1.82) is 0 Å². The molecule has 1 saturated heterocycles. The maximum atomic E-state index is 11.9. The molecule has 2 rings (SSSR count). The second kappa shape index (κ2) is 5.92. The summed E-state index contributed by atoms with van der Waals surface area (Å²) in [6.07, 6.45) is 0.546. The van der Waals surface area contributed by atoms with E-state index >= 15 is 0 Å². The second-order valence-electron chi connectivity index (χ2n) is 4.32. The van der Waals surface area contributed by atoms with Crippen LogP contribution in [0, 0.1) is 12.8 Å². The second-order valence-corrected chi connectivity index (χ2v) is 4.32. The first-order valence-corrected chi connectivity index (χ1v) is 6.02. The SMILES string of the molecule is CNC1COCC1C(=O)NCCc1nc(C)no1. The quantitative estimate of drug-likeness (QED) is 0.720. The number of hydrogen-bond donors (Lipinski definition) is 2. The van der Waals surface area contributed by atoms with Crippen LogP contribution in [0.15, 0.2) is 4.52 Å². The molecule has 2 N–H and O–H groups in total. The van der Waals surface area contributed by atoms with Gasteiger partial charge in [-0.05, 0) is 14.0 Å². The van der Waals surface area contributed by atoms with Gasteiger partial charge >= 0.3 is 0 Å². The fourth-order valence-electron chi connectivity index (χ4n) is 1.96. The minimum Gasteiger partial charge on any atom is -0.379 e. The van der Waals surface area contributed by atoms with Crippen molar-refractivity contribution in [2.45, 2.75) is 19.4 Å². The van der Waals surface area contributed by atoms with E-state index in [0.717, 1.165) is 0 Å². The first-order chi connectivity index (χ1) is 8.70. The topological polar surface area (TPSA) is 89.3 Å². The van der Waals surface area contributed by atoms with Crippen LogP contribution in [0.25, 0.3) is 0 Å². The summed E-state index contributed by atoms with van der Waals surface area (Å²) in [5.74, 6) is 1.03. The number of carbonyl (C=O) groups is 1. The van der Waals surface area contributed by atoms with Gasteiger partial charge in [-0.1, -0.05) is 5.16 Å². The van der Waals surface area contributed by atoms with Gasteiger partial charge in [-0.3, -0.25) is 4.79 Å². The minimum absolute atomic E-state index is 0.00286. The van der Waals surface area contributed by atoms with E-state index in [9.17, 15) is 4.79 Å². The van der Waals surface area contributed by atoms with Crippen LogP contribution in [-0.2, 0) is 16.0 Å². The van der Waals surface area contributed by atoms with E-state index in [1.165, 1.54) is 0 Å². The largest absolute Gasteiger partial charge is 0.379 e. The van der Waals surface area contributed by atoms with Gasteiger partial charge in [-0.15, -0.1) is 0 Å². The Balaban J connectivity index is 1.74. The first-order valence-electron chi connectivity index (χ1n) is 6.02. The Kier molecular flexibility index (Phi) is 4.27. The first kappa shape index (κ1) is 13.0. The summed E-state index contributed by atoms with van der Waals surface area (Å²) in [4.78, 5) is 16.0. The molecule has 1 aromatic rings. The van der Waals surface area contributed by atoms with Crippen LogP contribution in [0.5, 0.6) is 0 Å². The molecule has 0 saturated carbocycles. The number of likely N-dealkylation sites (N-methyl/N-ethyl adjacent to an activating group) is 1. The molecule has 100 valence electrons. The maximum absolute atomic E-state index is 11.9. The highest BCUT2D eigenvalue weighted by molar-refractivity contribution is 5.79. The molecular weight excluding hydrogens is 236 g/mol. The lowest BCUT2D eigenvalue weighted by Crippen LogP contribution is -2.43. The number of ether oxygens (including phenoxy) is 1. The Morgan fingerprint density at radius 1 is 1.50 bits per heavy atom. The predicted molar refractivity (Wildman–Crippen MR) is 62.9 cm³/mol. The highest BCUT2D eigenvalue weighted by Gasteiger charge is 2.32. The van der Waals surface area contributed by atoms with Gasteiger partial charge in [0.05, 0.1) is 19.1 Å². The van der Waals surface area contributed by atoms with E-state index < -0.39 is 0 Å². The third kappa shape index (κ3) is 3.05. The van der Waals surface area contributed by atoms with Crippen LogP contribution in [0.3, 0.4) is 0 Å². The van der Waals surface area contributed by atoms with Crippen molar-refractivity contribution in [3.05, 3.63) is 11.7 Å². The molecule has 2 unspecified atom stereocenters. The van der Waals surface area contributed by atoms with Crippen molar-refractivity contribution in [2.75, 3.05) is 26.8 Å². The van der Waals surface area contributed by atoms with Crippen molar-refractivity contribution in [3.63, 3.8) is 0 Å². The number of aryl methyl sites for hydroxylation is 1. The number of hydrogen-bond acceptors (Lipinski definition) is 6. The molecule has 0 aliphatic carbocycles. The van der Waals surface area contributed by atoms with E-state index in [-0.39, 0.29) is 17.9 Å². The normalized spacial score (nSPS) is 23.2. The number of rotatable bonds is 5. The van der Waals surface area contributed by atoms with Crippen molar-refractivity contribution in [1.82, 2.24) is 20.8 Å². The zero-order valence-electron chi connectivity index (χ0n) is 10.6. The van der Waals surface area contributed by atoms with Gasteiger partial charge < -0.3 is 19.9 Å². The summed E-state index contributed by atoms with van der Waals surface area (Å²) in [5, 5.41) is 9.63. The summed E-state index contributed by atoms with van der Waals surface area (Å²) in [7, 11) is 1.83. The maximum Gasteiger partial charge on any atom is 0.228 e. The van der Waals surface area contributed by atoms with E-state index in [0.29, 0.717) is 37.9 Å². The van der Waals surface area contributed by atoms with Gasteiger partial charge in [0.25, 0.3) is 0 Å². The summed E-state index contributed by atoms with van der Waals surface area (Å²) >= 11 is 0. The lowest BCUT2D eigenvalue weighted by Gasteiger charge is -2.15. The fraction of sp³-hybridized carbons (Fsp3) is 0.727. The molecule has 7 heteroatoms. The summed E-state index contributed by atoms with van der Waals surface area (Å²) in [6, 6.07) is 0.0932. The Morgan fingerprint density at radius 2 is 2.33 bits per heavy atom. The average molecular weight is 254 g/mol. The van der Waals surface area contributed by atoms with Gasteiger partial charge in [0, 0.05) is 19.0 Å². The molecule has 0 spiro atoms. The number of carbonyl (C=O) groups excluding carboxylic acids is 1. The molecule has 0 radical (unpaired) electrons. The summed E-state index contributed by atoms with van der Waals surface area (Å²) in [6.45, 7) is 3.31. The van der Waals surface area contributed by atoms with Crippen molar-refractivity contribution < 1.29 is 14.1 Å². The molecule has 2 atom stereocenters. The third-order valence-electron chi connectivity index (χ3n) is 3.00. The molecular formula is C11H18N4O3. The average Bonchev–Trinajstić information content (AvgIpc) is 2.97. The Morgan fingerprint density at radius 3 is 3.00 bits per heavy atom. The van der Waals surface area contributed by atoms with Crippen LogP contribution in [-0.4, -0.2) is 48.9 Å². The zero-order chi connectivity index (χ0) is 13.0. The van der Waals surface area contributed by atoms with Crippen molar-refractivity contribution in [3.8, 4) is 0 Å². The smallest absolute Gasteiger partial charge is 0.228 e. The highest BCUT2D eigenvalue weighted by Crippen LogP contribution is 2.13. The highest BCUT2D eigenvalue weighted by atomic mass is 16.5. The van der Waals surface area contributed by atoms with E-state index in [1.807, 2.05) is 7.05 Å². The van der Waals surface area contributed by atoms with Crippen LogP contribution >= 0.6 is 0 Å². The van der Waals surface area contributed by atoms with E-state index in [2.05, 4.69) is 20.8 Å². The van der Waals surface area contributed by atoms with Crippen molar-refractivity contribution in [2.24, 2.45) is 5.92 Å². The zero-order valence-corrected chi connectivity index (χ0v) is 10.6. The summed E-state index contributed by atoms with van der Waals surface area (Å²) < 4.78 is 10.2. The van der Waals surface area contributed by atoms with E-state index in [4.69, 9.17) is 9.26 Å². The monoisotopic (exact) mass is 254 g/mol. The Hall–Kier alpha value is -1.47. The molecule has 18 heavy (non-hydrogen) atoms. The van der Waals surface area contributed by atoms with Gasteiger partial charge in [0.2, 0.25) is 11.8 Å². The third-order valence-corrected chi connectivity index (χ3v) is 3.00. The van der Waals surface area contributed by atoms with Crippen LogP contribution in [0.1, 0.15) is 11.7 Å². The van der Waals surface area contributed by atoms with Crippen LogP contribution < -0.4 is 10.6 Å². The fourth-order valence-corrected chi connectivity index (χ4v) is 1.96. The molecule has 2 heterocycles. The van der Waals surface area contributed by atoms with Crippen molar-refractivity contribution >= 4 is 5.91 Å². The molecule has 7 nitrogen and oxygen atoms in total. The Labute approximate surface area is 105 Å². The van der Waals surface area contributed by atoms with E-state index in [1.54, 1.807) is 6.92 Å². The summed E-state index contributed by atoms with van der Waals surface area (Å²) in [5.41, 5.74) is 0. The minimum atomic E-state index is -0.126. The number of nitrogens with one attached hydrogen (secondary N) is 2. The number of aromatic nitrogens is 2. The number of nitrogens with zero attached hydrogens (tertiary/aromatic N) is 2. The van der Waals surface area contributed by atoms with Gasteiger partial charge in [-0.25, -0.2) is 0 Å². The molecule has 1 aromatic heterocycles. The van der Waals surface area contributed by atoms with Crippen LogP contribution in [0.2, 0.25) is 0 Å². The van der Waals surface area contributed by atoms with Gasteiger partial charge in [0.1, 0.15) is 0 Å². The standard InChI is InChI=1S/C11H18N4O3/c1-7-14-10(18-15-7)3-4-13-11(16)8-5-17-6-9(8)12-2/h8-9,12H,3-6H2,1-2H3,(H,13,16).